The summed E-state index contributed by atoms with van der Waals surface area (Å²) in [5.41, 5.74) is 1.14. The smallest absolute Gasteiger partial charge is 0.309 e. The van der Waals surface area contributed by atoms with Gasteiger partial charge in [-0.25, -0.2) is 4.98 Å². The Morgan fingerprint density at radius 1 is 1.17 bits per heavy atom. The van der Waals surface area contributed by atoms with E-state index in [0.717, 1.165) is 0 Å². The lowest BCUT2D eigenvalue weighted by atomic mass is 9.99. The van der Waals surface area contributed by atoms with Crippen LogP contribution < -0.4 is 0 Å². The van der Waals surface area contributed by atoms with Crippen molar-refractivity contribution < 1.29 is 43.9 Å². The van der Waals surface area contributed by atoms with E-state index in [1.807, 2.05) is 0 Å². The van der Waals surface area contributed by atoms with Gasteiger partial charge in [-0.2, -0.15) is 0 Å². The van der Waals surface area contributed by atoms with Crippen LogP contribution in [0.3, 0.4) is 0 Å². The number of halogens is 1. The van der Waals surface area contributed by atoms with Gasteiger partial charge in [0.05, 0.1) is 10.9 Å². The van der Waals surface area contributed by atoms with Gasteiger partial charge in [0, 0.05) is 18.4 Å². The van der Waals surface area contributed by atoms with Gasteiger partial charge in [0.2, 0.25) is 0 Å². The predicted molar refractivity (Wildman–Crippen MR) is 99.5 cm³/mol. The summed E-state index contributed by atoms with van der Waals surface area (Å²) in [5, 5.41) is 38.8. The Bertz CT molecular complexity index is 992. The Hall–Kier alpha value is -2.08. The number of carbonyl (C=O) groups excluding carboxylic acids is 2. The number of ketones is 1. The number of fused-ring (bicyclic) bond motifs is 1. The molecule has 2 aromatic rings. The first-order valence-corrected chi connectivity index (χ1v) is 9.70. The molecule has 1 saturated heterocycles. The van der Waals surface area contributed by atoms with Gasteiger partial charge in [-0.05, 0) is 18.6 Å². The number of aliphatic hydroxyl groups excluding tert-OH is 4. The highest BCUT2D eigenvalue weighted by molar-refractivity contribution is 6.35. The fraction of sp³-hybridized carbons (Fsp3) is 0.526. The van der Waals surface area contributed by atoms with E-state index in [2.05, 4.69) is 4.98 Å². The molecule has 30 heavy (non-hydrogen) atoms. The topological polar surface area (TPSA) is 160 Å². The van der Waals surface area contributed by atoms with Gasteiger partial charge in [0.25, 0.3) is 0 Å². The Kier molecular flexibility index (Phi) is 5.56. The van der Waals surface area contributed by atoms with Crippen molar-refractivity contribution in [3.63, 3.8) is 0 Å². The van der Waals surface area contributed by atoms with Crippen LogP contribution in [-0.4, -0.2) is 74.5 Å². The number of nitrogens with zero attached hydrogens (tertiary/aromatic N) is 1. The van der Waals surface area contributed by atoms with Crippen LogP contribution in [0.15, 0.2) is 16.5 Å². The van der Waals surface area contributed by atoms with E-state index in [1.165, 1.54) is 12.1 Å². The maximum Gasteiger partial charge on any atom is 0.309 e. The molecule has 2 fully saturated rings. The Morgan fingerprint density at radius 3 is 2.63 bits per heavy atom. The second kappa shape index (κ2) is 7.88. The van der Waals surface area contributed by atoms with Gasteiger partial charge < -0.3 is 34.3 Å². The molecule has 0 radical (unpaired) electrons. The average Bonchev–Trinajstić information content (AvgIpc) is 3.42. The van der Waals surface area contributed by atoms with Crippen molar-refractivity contribution in [3.8, 4) is 0 Å². The summed E-state index contributed by atoms with van der Waals surface area (Å²) in [7, 11) is 0. The molecule has 162 valence electrons. The first-order chi connectivity index (χ1) is 14.2. The summed E-state index contributed by atoms with van der Waals surface area (Å²) in [5.74, 6) is -1.77. The van der Waals surface area contributed by atoms with Crippen LogP contribution in [0.2, 0.25) is 5.02 Å². The highest BCUT2D eigenvalue weighted by atomic mass is 35.5. The van der Waals surface area contributed by atoms with Crippen molar-refractivity contribution in [3.05, 3.63) is 28.6 Å². The van der Waals surface area contributed by atoms with Gasteiger partial charge >= 0.3 is 5.97 Å². The van der Waals surface area contributed by atoms with Crippen molar-refractivity contribution in [2.24, 2.45) is 11.8 Å². The number of esters is 1. The monoisotopic (exact) mass is 441 g/mol. The van der Waals surface area contributed by atoms with E-state index in [9.17, 15) is 30.0 Å². The third-order valence-electron chi connectivity index (χ3n) is 5.35. The van der Waals surface area contributed by atoms with Crippen molar-refractivity contribution in [1.82, 2.24) is 4.98 Å². The molecule has 0 bridgehead atoms. The number of oxazole rings is 1. The number of Topliss-reactive ketones (excluding diaryl/α,β-unsaturated/α-hetero) is 1. The lowest BCUT2D eigenvalue weighted by Gasteiger charge is -2.37. The quantitative estimate of drug-likeness (QED) is 0.366. The molecular weight excluding hydrogens is 422 g/mol. The first kappa shape index (κ1) is 21.2. The summed E-state index contributed by atoms with van der Waals surface area (Å²) in [4.78, 5) is 29.1. The Labute approximate surface area is 175 Å². The fourth-order valence-corrected chi connectivity index (χ4v) is 3.79. The highest BCUT2D eigenvalue weighted by Gasteiger charge is 2.50. The third-order valence-corrected chi connectivity index (χ3v) is 5.63. The van der Waals surface area contributed by atoms with E-state index < -0.39 is 55.1 Å². The molecule has 10 nitrogen and oxygen atoms in total. The van der Waals surface area contributed by atoms with Gasteiger partial charge in [0.1, 0.15) is 36.5 Å². The Balaban J connectivity index is 1.36. The highest BCUT2D eigenvalue weighted by Crippen LogP contribution is 2.43. The first-order valence-electron chi connectivity index (χ1n) is 9.32. The van der Waals surface area contributed by atoms with Crippen molar-refractivity contribution >= 4 is 34.5 Å². The van der Waals surface area contributed by atoms with Gasteiger partial charge in [-0.15, -0.1) is 0 Å². The lowest BCUT2D eigenvalue weighted by Crippen LogP contribution is -2.58. The lowest BCUT2D eigenvalue weighted by molar-refractivity contribution is -0.287. The molecule has 0 spiro atoms. The number of carbonyl (C=O) groups is 2. The zero-order valence-electron chi connectivity index (χ0n) is 15.8. The molecule has 7 atom stereocenters. The van der Waals surface area contributed by atoms with E-state index in [1.54, 1.807) is 6.92 Å². The van der Waals surface area contributed by atoms with E-state index in [4.69, 9.17) is 25.5 Å². The minimum absolute atomic E-state index is 0.273. The fourth-order valence-electron chi connectivity index (χ4n) is 3.54. The molecule has 2 unspecified atom stereocenters. The number of ether oxygens (including phenoxy) is 2. The van der Waals surface area contributed by atoms with E-state index >= 15 is 0 Å². The normalized spacial score (nSPS) is 33.5. The van der Waals surface area contributed by atoms with E-state index in [0.29, 0.717) is 29.0 Å². The largest absolute Gasteiger partial charge is 0.463 e. The minimum atomic E-state index is -1.72. The standard InChI is InChI=1S/C19H20ClNO9/c1-6-21-13-10(20)2-7(3-11(13)29-6)14(22)8-4-9(8)18(26)28-5-12-15(23)16(24)17(25)19(27)30-12/h2-3,8-9,12,15-17,19,23-25,27H,4-5H2,1H3/t8-,9-,12?,15+,16-,17+,19?/m0/s1. The molecule has 1 aromatic carbocycles. The molecule has 1 aliphatic carbocycles. The zero-order valence-corrected chi connectivity index (χ0v) is 16.5. The minimum Gasteiger partial charge on any atom is -0.463 e. The number of hydrogen-bond acceptors (Lipinski definition) is 10. The van der Waals surface area contributed by atoms with Crippen LogP contribution in [0.4, 0.5) is 0 Å². The zero-order chi connectivity index (χ0) is 21.7. The van der Waals surface area contributed by atoms with Gasteiger partial charge in [0.15, 0.2) is 23.5 Å². The van der Waals surface area contributed by atoms with Crippen LogP contribution in [0, 0.1) is 18.8 Å². The summed E-state index contributed by atoms with van der Waals surface area (Å²) < 4.78 is 15.5. The Morgan fingerprint density at radius 2 is 1.90 bits per heavy atom. The van der Waals surface area contributed by atoms with Crippen LogP contribution in [0.5, 0.6) is 0 Å². The van der Waals surface area contributed by atoms with Crippen LogP contribution in [0.1, 0.15) is 22.7 Å². The molecule has 1 saturated carbocycles. The molecule has 1 aromatic heterocycles. The SMILES string of the molecule is Cc1nc2c(Cl)cc(C(=O)[C@H]3C[C@@H]3C(=O)OCC3OC(O)[C@H](O)[C@@H](O)[C@@H]3O)cc2o1. The molecular formula is C19H20ClNO9. The molecule has 2 aliphatic rings. The maximum atomic E-state index is 12.7. The summed E-state index contributed by atoms with van der Waals surface area (Å²) in [6.07, 6.45) is -7.51. The summed E-state index contributed by atoms with van der Waals surface area (Å²) in [6.45, 7) is 1.21. The second-order valence-corrected chi connectivity index (χ2v) is 7.92. The molecule has 4 rings (SSSR count). The third kappa shape index (κ3) is 3.82. The molecule has 1 aliphatic heterocycles. The molecule has 4 N–H and O–H groups in total. The molecule has 0 amide bonds. The van der Waals surface area contributed by atoms with Crippen LogP contribution in [-0.2, 0) is 14.3 Å². The maximum absolute atomic E-state index is 12.7. The van der Waals surface area contributed by atoms with Crippen molar-refractivity contribution in [2.45, 2.75) is 44.1 Å². The van der Waals surface area contributed by atoms with Gasteiger partial charge in [-0.3, -0.25) is 9.59 Å². The van der Waals surface area contributed by atoms with Crippen LogP contribution in [0.25, 0.3) is 11.1 Å². The predicted octanol–water partition coefficient (Wildman–Crippen LogP) is -0.0485. The number of aryl methyl sites for hydroxylation is 1. The average molecular weight is 442 g/mol. The van der Waals surface area contributed by atoms with Gasteiger partial charge in [-0.1, -0.05) is 11.6 Å². The number of aromatic nitrogens is 1. The van der Waals surface area contributed by atoms with Crippen LogP contribution >= 0.6 is 11.6 Å². The second-order valence-electron chi connectivity index (χ2n) is 7.52. The van der Waals surface area contributed by atoms with E-state index in [-0.39, 0.29) is 10.8 Å². The summed E-state index contributed by atoms with van der Waals surface area (Å²) >= 11 is 6.16. The number of aliphatic hydroxyl groups is 4. The molecule has 2 heterocycles. The van der Waals surface area contributed by atoms with Crippen molar-refractivity contribution in [1.29, 1.82) is 0 Å². The number of benzene rings is 1. The van der Waals surface area contributed by atoms with Crippen molar-refractivity contribution in [2.75, 3.05) is 6.61 Å². The number of rotatable bonds is 5. The summed E-state index contributed by atoms with van der Waals surface area (Å²) in [6, 6.07) is 3.01. The molecule has 11 heteroatoms. The number of hydrogen-bond donors (Lipinski definition) is 4.